The number of carbonyl (C=O) groups is 1. The highest BCUT2D eigenvalue weighted by Crippen LogP contribution is 2.30. The number of rotatable bonds is 8. The summed E-state index contributed by atoms with van der Waals surface area (Å²) in [4.78, 5) is 15.2. The number of para-hydroxylation sites is 1. The number of benzene rings is 2. The smallest absolute Gasteiger partial charge is 0.341 e. The Labute approximate surface area is 160 Å². The lowest BCUT2D eigenvalue weighted by Gasteiger charge is -2.11. The van der Waals surface area contributed by atoms with E-state index in [4.69, 9.17) is 14.6 Å². The molecular formula is C19H17N5O4. The van der Waals surface area contributed by atoms with Crippen molar-refractivity contribution in [2.24, 2.45) is 5.10 Å². The summed E-state index contributed by atoms with van der Waals surface area (Å²) in [5.41, 5.74) is 4.79. The van der Waals surface area contributed by atoms with Crippen molar-refractivity contribution < 1.29 is 19.4 Å². The summed E-state index contributed by atoms with van der Waals surface area (Å²) in [6.07, 6.45) is 3.02. The Morgan fingerprint density at radius 2 is 2.04 bits per heavy atom. The van der Waals surface area contributed by atoms with Crippen LogP contribution in [0.5, 0.6) is 11.5 Å². The highest BCUT2D eigenvalue weighted by Gasteiger charge is 2.11. The largest absolute Gasteiger partial charge is 0.493 e. The third kappa shape index (κ3) is 4.79. The predicted octanol–water partition coefficient (Wildman–Crippen LogP) is 2.46. The van der Waals surface area contributed by atoms with Crippen molar-refractivity contribution in [1.82, 2.24) is 15.2 Å². The molecule has 9 heteroatoms. The van der Waals surface area contributed by atoms with Crippen LogP contribution >= 0.6 is 0 Å². The molecule has 0 atom stereocenters. The van der Waals surface area contributed by atoms with Crippen molar-refractivity contribution in [2.75, 3.05) is 19.1 Å². The molecule has 9 nitrogen and oxygen atoms in total. The number of carboxylic acid groups (broad SMARTS) is 1. The molecule has 142 valence electrons. The molecule has 0 aliphatic rings. The van der Waals surface area contributed by atoms with Gasteiger partial charge in [-0.1, -0.05) is 36.4 Å². The summed E-state index contributed by atoms with van der Waals surface area (Å²) in [7, 11) is 1.47. The molecule has 0 bridgehead atoms. The summed E-state index contributed by atoms with van der Waals surface area (Å²) in [5, 5.41) is 20.7. The minimum atomic E-state index is -1.09. The van der Waals surface area contributed by atoms with Crippen LogP contribution in [-0.2, 0) is 4.79 Å². The SMILES string of the molecule is COc1cccc(/C=N/Nc2nncc(-c3ccccc3)n2)c1OCC(=O)O. The molecule has 3 aromatic rings. The number of nitrogens with zero attached hydrogens (tertiary/aromatic N) is 4. The maximum Gasteiger partial charge on any atom is 0.341 e. The van der Waals surface area contributed by atoms with Crippen LogP contribution in [0.25, 0.3) is 11.3 Å². The average Bonchev–Trinajstić information content (AvgIpc) is 2.73. The zero-order chi connectivity index (χ0) is 19.8. The number of ether oxygens (including phenoxy) is 2. The Balaban J connectivity index is 1.77. The normalized spacial score (nSPS) is 10.6. The van der Waals surface area contributed by atoms with Crippen LogP contribution in [0.3, 0.4) is 0 Å². The van der Waals surface area contributed by atoms with Gasteiger partial charge in [0.15, 0.2) is 18.1 Å². The van der Waals surface area contributed by atoms with Gasteiger partial charge >= 0.3 is 5.97 Å². The second kappa shape index (κ2) is 9.08. The fourth-order valence-electron chi connectivity index (χ4n) is 2.34. The zero-order valence-corrected chi connectivity index (χ0v) is 14.9. The van der Waals surface area contributed by atoms with E-state index >= 15 is 0 Å². The highest BCUT2D eigenvalue weighted by molar-refractivity contribution is 5.85. The van der Waals surface area contributed by atoms with Gasteiger partial charge in [-0.3, -0.25) is 0 Å². The third-order valence-electron chi connectivity index (χ3n) is 3.57. The molecule has 0 unspecified atom stereocenters. The number of carboxylic acids is 1. The van der Waals surface area contributed by atoms with Crippen molar-refractivity contribution >= 4 is 18.1 Å². The maximum atomic E-state index is 10.8. The van der Waals surface area contributed by atoms with Gasteiger partial charge in [-0.15, -0.1) is 5.10 Å². The summed E-state index contributed by atoms with van der Waals surface area (Å²) in [6.45, 7) is -0.499. The molecule has 2 aromatic carbocycles. The van der Waals surface area contributed by atoms with Gasteiger partial charge in [0.1, 0.15) is 0 Å². The second-order valence-electron chi connectivity index (χ2n) is 5.46. The topological polar surface area (TPSA) is 119 Å². The Morgan fingerprint density at radius 1 is 1.21 bits per heavy atom. The molecular weight excluding hydrogens is 362 g/mol. The van der Waals surface area contributed by atoms with E-state index in [0.717, 1.165) is 5.56 Å². The van der Waals surface area contributed by atoms with Crippen molar-refractivity contribution in [3.63, 3.8) is 0 Å². The summed E-state index contributed by atoms with van der Waals surface area (Å²) in [6, 6.07) is 14.7. The first-order valence-electron chi connectivity index (χ1n) is 8.23. The number of nitrogens with one attached hydrogen (secondary N) is 1. The Bertz CT molecular complexity index is 979. The van der Waals surface area contributed by atoms with E-state index in [9.17, 15) is 4.79 Å². The van der Waals surface area contributed by atoms with Crippen molar-refractivity contribution in [2.45, 2.75) is 0 Å². The first kappa shape index (κ1) is 18.8. The summed E-state index contributed by atoms with van der Waals surface area (Å²) in [5.74, 6) is -0.207. The molecule has 0 amide bonds. The fourth-order valence-corrected chi connectivity index (χ4v) is 2.34. The molecule has 0 aliphatic heterocycles. The van der Waals surface area contributed by atoms with Gasteiger partial charge in [0, 0.05) is 11.1 Å². The van der Waals surface area contributed by atoms with E-state index in [-0.39, 0.29) is 11.7 Å². The number of hydrogen-bond donors (Lipinski definition) is 2. The monoisotopic (exact) mass is 379 g/mol. The molecule has 0 fully saturated rings. The molecule has 0 radical (unpaired) electrons. The van der Waals surface area contributed by atoms with Gasteiger partial charge < -0.3 is 14.6 Å². The van der Waals surface area contributed by atoms with Crippen LogP contribution in [-0.4, -0.2) is 46.2 Å². The predicted molar refractivity (Wildman–Crippen MR) is 103 cm³/mol. The van der Waals surface area contributed by atoms with Crippen LogP contribution in [0.1, 0.15) is 5.56 Å². The van der Waals surface area contributed by atoms with Crippen LogP contribution in [0.4, 0.5) is 5.95 Å². The molecule has 0 aliphatic carbocycles. The number of aliphatic carboxylic acids is 1. The standard InChI is InChI=1S/C19H17N5O4/c1-27-16-9-5-8-14(18(16)28-12-17(25)26)10-20-23-19-22-15(11-21-24-19)13-6-3-2-4-7-13/h2-11H,12H2,1H3,(H,25,26)(H,22,23,24)/b20-10+. The minimum Gasteiger partial charge on any atom is -0.493 e. The van der Waals surface area contributed by atoms with Gasteiger partial charge in [0.25, 0.3) is 5.95 Å². The Kier molecular flexibility index (Phi) is 6.09. The van der Waals surface area contributed by atoms with E-state index in [1.54, 1.807) is 24.4 Å². The average molecular weight is 379 g/mol. The lowest BCUT2D eigenvalue weighted by atomic mass is 10.2. The first-order chi connectivity index (χ1) is 13.7. The molecule has 0 saturated heterocycles. The molecule has 1 aromatic heterocycles. The Hall–Kier alpha value is -4.01. The summed E-state index contributed by atoms with van der Waals surface area (Å²) < 4.78 is 10.5. The van der Waals surface area contributed by atoms with Crippen molar-refractivity contribution in [3.05, 3.63) is 60.3 Å². The molecule has 2 N–H and O–H groups in total. The van der Waals surface area contributed by atoms with Gasteiger partial charge in [0.05, 0.1) is 25.2 Å². The Morgan fingerprint density at radius 3 is 2.79 bits per heavy atom. The van der Waals surface area contributed by atoms with E-state index in [1.165, 1.54) is 13.3 Å². The molecule has 3 rings (SSSR count). The van der Waals surface area contributed by atoms with Gasteiger partial charge in [-0.2, -0.15) is 10.2 Å². The number of anilines is 1. The van der Waals surface area contributed by atoms with E-state index in [0.29, 0.717) is 17.0 Å². The van der Waals surface area contributed by atoms with Crippen LogP contribution in [0.15, 0.2) is 59.8 Å². The van der Waals surface area contributed by atoms with Crippen LogP contribution in [0.2, 0.25) is 0 Å². The molecule has 1 heterocycles. The number of aromatic nitrogens is 3. The molecule has 0 spiro atoms. The lowest BCUT2D eigenvalue weighted by molar-refractivity contribution is -0.139. The quantitative estimate of drug-likeness (QED) is 0.452. The number of methoxy groups -OCH3 is 1. The maximum absolute atomic E-state index is 10.8. The molecule has 0 saturated carbocycles. The van der Waals surface area contributed by atoms with Crippen LogP contribution in [0, 0.1) is 0 Å². The van der Waals surface area contributed by atoms with E-state index in [2.05, 4.69) is 25.7 Å². The summed E-state index contributed by atoms with van der Waals surface area (Å²) >= 11 is 0. The van der Waals surface area contributed by atoms with E-state index < -0.39 is 12.6 Å². The third-order valence-corrected chi connectivity index (χ3v) is 3.57. The zero-order valence-electron chi connectivity index (χ0n) is 14.9. The minimum absolute atomic E-state index is 0.216. The fraction of sp³-hybridized carbons (Fsp3) is 0.105. The number of hydrogen-bond acceptors (Lipinski definition) is 8. The van der Waals surface area contributed by atoms with Gasteiger partial charge in [-0.05, 0) is 12.1 Å². The second-order valence-corrected chi connectivity index (χ2v) is 5.46. The van der Waals surface area contributed by atoms with Crippen LogP contribution < -0.4 is 14.9 Å². The van der Waals surface area contributed by atoms with Gasteiger partial charge in [0.2, 0.25) is 0 Å². The van der Waals surface area contributed by atoms with Gasteiger partial charge in [-0.25, -0.2) is 15.2 Å². The highest BCUT2D eigenvalue weighted by atomic mass is 16.5. The van der Waals surface area contributed by atoms with Crippen molar-refractivity contribution in [3.8, 4) is 22.8 Å². The lowest BCUT2D eigenvalue weighted by Crippen LogP contribution is -2.11. The number of hydrazone groups is 1. The van der Waals surface area contributed by atoms with E-state index in [1.807, 2.05) is 30.3 Å². The first-order valence-corrected chi connectivity index (χ1v) is 8.23. The van der Waals surface area contributed by atoms with Crippen molar-refractivity contribution in [1.29, 1.82) is 0 Å². The molecule has 28 heavy (non-hydrogen) atoms.